The van der Waals surface area contributed by atoms with Crippen molar-refractivity contribution in [3.8, 4) is 11.1 Å². The highest BCUT2D eigenvalue weighted by molar-refractivity contribution is 5.97. The Bertz CT molecular complexity index is 1400. The number of hydrogen-bond acceptors (Lipinski definition) is 3. The number of aromatic nitrogens is 2. The number of rotatable bonds is 5. The summed E-state index contributed by atoms with van der Waals surface area (Å²) in [5.41, 5.74) is 8.11. The summed E-state index contributed by atoms with van der Waals surface area (Å²) in [4.78, 5) is 18.0. The van der Waals surface area contributed by atoms with Crippen molar-refractivity contribution in [1.29, 1.82) is 0 Å². The van der Waals surface area contributed by atoms with Gasteiger partial charge in [-0.05, 0) is 93.5 Å². The first-order valence-electron chi connectivity index (χ1n) is 13.1. The van der Waals surface area contributed by atoms with Gasteiger partial charge in [-0.15, -0.1) is 0 Å². The van der Waals surface area contributed by atoms with Crippen molar-refractivity contribution in [2.24, 2.45) is 0 Å². The van der Waals surface area contributed by atoms with E-state index in [4.69, 9.17) is 9.72 Å². The van der Waals surface area contributed by atoms with Gasteiger partial charge in [-0.25, -0.2) is 9.78 Å². The van der Waals surface area contributed by atoms with Crippen molar-refractivity contribution < 1.29 is 9.53 Å². The molecular formula is C32H36N2O2. The van der Waals surface area contributed by atoms with E-state index in [0.717, 1.165) is 23.2 Å². The zero-order valence-electron chi connectivity index (χ0n) is 22.1. The number of benzene rings is 3. The number of fused-ring (bicyclic) bond motifs is 1. The quantitative estimate of drug-likeness (QED) is 0.272. The van der Waals surface area contributed by atoms with Gasteiger partial charge >= 0.3 is 5.97 Å². The third-order valence-electron chi connectivity index (χ3n) is 7.27. The van der Waals surface area contributed by atoms with Crippen LogP contribution in [0.25, 0.3) is 22.2 Å². The molecule has 4 heteroatoms. The van der Waals surface area contributed by atoms with E-state index in [1.807, 2.05) is 45.0 Å². The summed E-state index contributed by atoms with van der Waals surface area (Å²) in [6, 6.07) is 20.8. The molecule has 0 amide bonds. The van der Waals surface area contributed by atoms with Crippen LogP contribution in [-0.4, -0.2) is 21.1 Å². The van der Waals surface area contributed by atoms with Gasteiger partial charge in [-0.3, -0.25) is 0 Å². The summed E-state index contributed by atoms with van der Waals surface area (Å²) in [5.74, 6) is 1.48. The molecule has 0 unspecified atom stereocenters. The Morgan fingerprint density at radius 2 is 1.64 bits per heavy atom. The molecule has 5 rings (SSSR count). The molecule has 0 radical (unpaired) electrons. The van der Waals surface area contributed by atoms with E-state index in [0.29, 0.717) is 11.5 Å². The van der Waals surface area contributed by atoms with Gasteiger partial charge in [0.1, 0.15) is 11.4 Å². The summed E-state index contributed by atoms with van der Waals surface area (Å²) in [7, 11) is 0. The van der Waals surface area contributed by atoms with Crippen molar-refractivity contribution in [3.63, 3.8) is 0 Å². The van der Waals surface area contributed by atoms with Crippen molar-refractivity contribution in [2.75, 3.05) is 0 Å². The molecule has 1 aliphatic carbocycles. The molecule has 0 atom stereocenters. The predicted molar refractivity (Wildman–Crippen MR) is 147 cm³/mol. The highest BCUT2D eigenvalue weighted by atomic mass is 16.6. The molecule has 0 aliphatic heterocycles. The first kappa shape index (κ1) is 24.3. The van der Waals surface area contributed by atoms with Gasteiger partial charge in [0.05, 0.1) is 16.6 Å². The Morgan fingerprint density at radius 1 is 0.972 bits per heavy atom. The van der Waals surface area contributed by atoms with Crippen molar-refractivity contribution in [1.82, 2.24) is 9.55 Å². The molecule has 1 aliphatic rings. The second kappa shape index (κ2) is 9.57. The maximum Gasteiger partial charge on any atom is 0.339 e. The van der Waals surface area contributed by atoms with Crippen LogP contribution in [0.1, 0.15) is 85.2 Å². The third-order valence-corrected chi connectivity index (χ3v) is 7.27. The van der Waals surface area contributed by atoms with Gasteiger partial charge < -0.3 is 9.30 Å². The van der Waals surface area contributed by atoms with E-state index in [1.54, 1.807) is 0 Å². The molecule has 3 aromatic carbocycles. The zero-order chi connectivity index (χ0) is 25.4. The molecule has 1 fully saturated rings. The second-order valence-electron chi connectivity index (χ2n) is 11.2. The summed E-state index contributed by atoms with van der Waals surface area (Å²) >= 11 is 0. The lowest BCUT2D eigenvalue weighted by Gasteiger charge is -2.20. The lowest BCUT2D eigenvalue weighted by atomic mass is 9.98. The minimum absolute atomic E-state index is 0.293. The van der Waals surface area contributed by atoms with Gasteiger partial charge in [0.25, 0.3) is 0 Å². The van der Waals surface area contributed by atoms with Crippen molar-refractivity contribution in [3.05, 3.63) is 88.7 Å². The number of nitrogens with zero attached hydrogens (tertiary/aromatic N) is 2. The van der Waals surface area contributed by atoms with Gasteiger partial charge in [-0.1, -0.05) is 55.3 Å². The maximum atomic E-state index is 12.8. The van der Waals surface area contributed by atoms with Crippen LogP contribution >= 0.6 is 0 Å². The summed E-state index contributed by atoms with van der Waals surface area (Å²) in [6.45, 7) is 10.8. The molecule has 1 heterocycles. The number of imidazole rings is 1. The smallest absolute Gasteiger partial charge is 0.339 e. The molecule has 4 aromatic rings. The van der Waals surface area contributed by atoms with Crippen molar-refractivity contribution in [2.45, 2.75) is 78.4 Å². The van der Waals surface area contributed by atoms with Gasteiger partial charge in [0.15, 0.2) is 0 Å². The first-order chi connectivity index (χ1) is 17.2. The van der Waals surface area contributed by atoms with Crippen LogP contribution in [0.15, 0.2) is 60.7 Å². The lowest BCUT2D eigenvalue weighted by Crippen LogP contribution is -2.24. The minimum Gasteiger partial charge on any atom is -0.456 e. The molecule has 0 saturated heterocycles. The largest absolute Gasteiger partial charge is 0.456 e. The Morgan fingerprint density at radius 3 is 2.33 bits per heavy atom. The van der Waals surface area contributed by atoms with E-state index >= 15 is 0 Å². The zero-order valence-corrected chi connectivity index (χ0v) is 22.1. The molecule has 1 aromatic heterocycles. The molecule has 186 valence electrons. The fourth-order valence-electron chi connectivity index (χ4n) is 5.28. The number of carbonyl (C=O) groups excluding carboxylic acids is 1. The highest BCUT2D eigenvalue weighted by Gasteiger charge is 2.24. The highest BCUT2D eigenvalue weighted by Crippen LogP contribution is 2.36. The van der Waals surface area contributed by atoms with Crippen LogP contribution in [0, 0.1) is 13.8 Å². The number of carbonyl (C=O) groups is 1. The standard InChI is InChI=1S/C32H36N2O2/c1-21-18-28-29(19-22(21)2)34(30(33-28)25-10-6-7-11-25)20-23-14-16-24(17-15-23)26-12-8-9-13-27(26)31(35)36-32(3,4)5/h8-9,12-19,25H,6-7,10-11,20H2,1-5H3. The van der Waals surface area contributed by atoms with E-state index in [1.165, 1.54) is 53.7 Å². The second-order valence-corrected chi connectivity index (χ2v) is 11.2. The number of aryl methyl sites for hydroxylation is 2. The number of esters is 1. The monoisotopic (exact) mass is 480 g/mol. The Labute approximate surface area is 214 Å². The van der Waals surface area contributed by atoms with Gasteiger partial charge in [0.2, 0.25) is 0 Å². The molecule has 0 bridgehead atoms. The molecule has 0 spiro atoms. The molecular weight excluding hydrogens is 444 g/mol. The van der Waals surface area contributed by atoms with Gasteiger partial charge in [0, 0.05) is 12.5 Å². The maximum absolute atomic E-state index is 12.8. The van der Waals surface area contributed by atoms with Crippen LogP contribution in [0.2, 0.25) is 0 Å². The first-order valence-corrected chi connectivity index (χ1v) is 13.1. The van der Waals surface area contributed by atoms with Crippen LogP contribution in [-0.2, 0) is 11.3 Å². The van der Waals surface area contributed by atoms with E-state index < -0.39 is 5.60 Å². The van der Waals surface area contributed by atoms with E-state index in [9.17, 15) is 4.79 Å². The van der Waals surface area contributed by atoms with Crippen LogP contribution in [0.3, 0.4) is 0 Å². The third kappa shape index (κ3) is 4.95. The predicted octanol–water partition coefficient (Wildman–Crippen LogP) is 7.98. The fourth-order valence-corrected chi connectivity index (χ4v) is 5.28. The van der Waals surface area contributed by atoms with Crippen LogP contribution in [0.4, 0.5) is 0 Å². The lowest BCUT2D eigenvalue weighted by molar-refractivity contribution is 0.00704. The van der Waals surface area contributed by atoms with Crippen LogP contribution < -0.4 is 0 Å². The fraction of sp³-hybridized carbons (Fsp3) is 0.375. The molecule has 36 heavy (non-hydrogen) atoms. The summed E-state index contributed by atoms with van der Waals surface area (Å²) < 4.78 is 8.08. The Hall–Kier alpha value is -3.40. The SMILES string of the molecule is Cc1cc2nc(C3CCCC3)n(Cc3ccc(-c4ccccc4C(=O)OC(C)(C)C)cc3)c2cc1C. The summed E-state index contributed by atoms with van der Waals surface area (Å²) in [5, 5.41) is 0. The Balaban J connectivity index is 1.47. The van der Waals surface area contributed by atoms with E-state index in [2.05, 4.69) is 54.8 Å². The minimum atomic E-state index is -0.532. The average molecular weight is 481 g/mol. The molecule has 4 nitrogen and oxygen atoms in total. The average Bonchev–Trinajstić information content (AvgIpc) is 3.48. The Kier molecular flexibility index (Phi) is 6.46. The molecule has 1 saturated carbocycles. The number of ether oxygens (including phenoxy) is 1. The molecule has 0 N–H and O–H groups in total. The van der Waals surface area contributed by atoms with Gasteiger partial charge in [-0.2, -0.15) is 0 Å². The topological polar surface area (TPSA) is 44.1 Å². The van der Waals surface area contributed by atoms with Crippen molar-refractivity contribution >= 4 is 17.0 Å². The van der Waals surface area contributed by atoms with Crippen LogP contribution in [0.5, 0.6) is 0 Å². The summed E-state index contributed by atoms with van der Waals surface area (Å²) in [6.07, 6.45) is 5.03. The number of hydrogen-bond donors (Lipinski definition) is 0. The normalized spacial score (nSPS) is 14.5. The van der Waals surface area contributed by atoms with E-state index in [-0.39, 0.29) is 5.97 Å².